The SMILES string of the molecule is CN1CCC(c2cn(CC(F)(F)F)c3ccc(OSc4ccccc4)cc23)CC1. The van der Waals surface area contributed by atoms with Gasteiger partial charge in [-0.2, -0.15) is 13.2 Å². The average Bonchev–Trinajstić information content (AvgIpc) is 3.04. The number of halogens is 3. The summed E-state index contributed by atoms with van der Waals surface area (Å²) >= 11 is 1.25. The highest BCUT2D eigenvalue weighted by molar-refractivity contribution is 7.95. The molecule has 1 aliphatic rings. The Bertz CT molecular complexity index is 963. The van der Waals surface area contributed by atoms with Crippen molar-refractivity contribution in [1.82, 2.24) is 9.47 Å². The minimum Gasteiger partial charge on any atom is -0.421 e. The third-order valence-corrected chi connectivity index (χ3v) is 6.11. The molecule has 0 radical (unpaired) electrons. The van der Waals surface area contributed by atoms with Gasteiger partial charge in [-0.15, -0.1) is 0 Å². The van der Waals surface area contributed by atoms with E-state index in [2.05, 4.69) is 11.9 Å². The second-order valence-corrected chi connectivity index (χ2v) is 8.37. The molecule has 1 fully saturated rings. The van der Waals surface area contributed by atoms with Gasteiger partial charge in [-0.1, -0.05) is 18.2 Å². The van der Waals surface area contributed by atoms with Crippen LogP contribution in [0.15, 0.2) is 59.6 Å². The fourth-order valence-corrected chi connectivity index (χ4v) is 4.46. The second-order valence-electron chi connectivity index (χ2n) is 7.56. The van der Waals surface area contributed by atoms with Crippen LogP contribution in [-0.4, -0.2) is 35.8 Å². The number of nitrogens with zero attached hydrogens (tertiary/aromatic N) is 2. The first-order valence-corrected chi connectivity index (χ1v) is 10.4. The maximum atomic E-state index is 13.1. The molecule has 0 spiro atoms. The van der Waals surface area contributed by atoms with Crippen molar-refractivity contribution in [1.29, 1.82) is 0 Å². The average molecular weight is 421 g/mol. The number of hydrogen-bond acceptors (Lipinski definition) is 3. The van der Waals surface area contributed by atoms with Gasteiger partial charge in [0.05, 0.1) is 12.0 Å². The first kappa shape index (κ1) is 20.2. The molecule has 1 aliphatic heterocycles. The molecule has 2 aromatic carbocycles. The van der Waals surface area contributed by atoms with Gasteiger partial charge in [-0.05, 0) is 74.8 Å². The van der Waals surface area contributed by atoms with Gasteiger partial charge in [0.1, 0.15) is 12.3 Å². The number of hydrogen-bond donors (Lipinski definition) is 0. The highest BCUT2D eigenvalue weighted by atomic mass is 32.2. The molecule has 2 heterocycles. The summed E-state index contributed by atoms with van der Waals surface area (Å²) in [7, 11) is 2.08. The van der Waals surface area contributed by atoms with Crippen molar-refractivity contribution >= 4 is 22.9 Å². The van der Waals surface area contributed by atoms with E-state index in [4.69, 9.17) is 4.18 Å². The predicted molar refractivity (Wildman–Crippen MR) is 110 cm³/mol. The summed E-state index contributed by atoms with van der Waals surface area (Å²) in [5.74, 6) is 0.908. The van der Waals surface area contributed by atoms with E-state index in [1.807, 2.05) is 36.4 Å². The summed E-state index contributed by atoms with van der Waals surface area (Å²) in [6, 6.07) is 15.1. The third-order valence-electron chi connectivity index (χ3n) is 5.37. The van der Waals surface area contributed by atoms with Crippen LogP contribution in [0.2, 0.25) is 0 Å². The molecule has 0 saturated carbocycles. The Morgan fingerprint density at radius 1 is 1.07 bits per heavy atom. The van der Waals surface area contributed by atoms with Crippen molar-refractivity contribution in [3.05, 3.63) is 60.3 Å². The number of rotatable bonds is 5. The number of piperidine rings is 1. The third kappa shape index (κ3) is 4.90. The first-order valence-electron chi connectivity index (χ1n) is 9.67. The Morgan fingerprint density at radius 2 is 1.79 bits per heavy atom. The Kier molecular flexibility index (Phi) is 5.79. The van der Waals surface area contributed by atoms with Crippen LogP contribution in [0.25, 0.3) is 10.9 Å². The lowest BCUT2D eigenvalue weighted by Gasteiger charge is -2.28. The van der Waals surface area contributed by atoms with Crippen LogP contribution >= 0.6 is 12.0 Å². The van der Waals surface area contributed by atoms with Crippen LogP contribution in [-0.2, 0) is 6.54 Å². The zero-order valence-electron chi connectivity index (χ0n) is 16.2. The van der Waals surface area contributed by atoms with Gasteiger partial charge < -0.3 is 13.7 Å². The Hall–Kier alpha value is -2.12. The number of likely N-dealkylation sites (tertiary alicyclic amines) is 1. The zero-order chi connectivity index (χ0) is 20.4. The molecule has 0 bridgehead atoms. The Morgan fingerprint density at radius 3 is 2.48 bits per heavy atom. The molecule has 3 nitrogen and oxygen atoms in total. The van der Waals surface area contributed by atoms with Crippen molar-refractivity contribution < 1.29 is 17.4 Å². The van der Waals surface area contributed by atoms with Gasteiger partial charge in [-0.3, -0.25) is 0 Å². The lowest BCUT2D eigenvalue weighted by molar-refractivity contribution is -0.139. The highest BCUT2D eigenvalue weighted by Crippen LogP contribution is 2.37. The molecular weight excluding hydrogens is 397 g/mol. The van der Waals surface area contributed by atoms with E-state index in [1.165, 1.54) is 16.6 Å². The fraction of sp³-hybridized carbons (Fsp3) is 0.364. The molecule has 154 valence electrons. The zero-order valence-corrected chi connectivity index (χ0v) is 17.0. The number of fused-ring (bicyclic) bond motifs is 1. The summed E-state index contributed by atoms with van der Waals surface area (Å²) in [6.45, 7) is 0.933. The topological polar surface area (TPSA) is 17.4 Å². The quantitative estimate of drug-likeness (QED) is 0.465. The lowest BCUT2D eigenvalue weighted by Crippen LogP contribution is -2.29. The van der Waals surface area contributed by atoms with Crippen molar-refractivity contribution in [3.63, 3.8) is 0 Å². The molecule has 1 saturated heterocycles. The van der Waals surface area contributed by atoms with Crippen molar-refractivity contribution in [3.8, 4) is 5.75 Å². The lowest BCUT2D eigenvalue weighted by atomic mass is 9.89. The van der Waals surface area contributed by atoms with Crippen LogP contribution < -0.4 is 4.18 Å². The van der Waals surface area contributed by atoms with Crippen LogP contribution in [0.1, 0.15) is 24.3 Å². The smallest absolute Gasteiger partial charge is 0.406 e. The van der Waals surface area contributed by atoms with E-state index < -0.39 is 12.7 Å². The molecule has 0 amide bonds. The summed E-state index contributed by atoms with van der Waals surface area (Å²) < 4.78 is 46.5. The van der Waals surface area contributed by atoms with Gasteiger partial charge in [0.25, 0.3) is 0 Å². The maximum absolute atomic E-state index is 13.1. The number of benzene rings is 2. The van der Waals surface area contributed by atoms with E-state index in [0.29, 0.717) is 11.3 Å². The summed E-state index contributed by atoms with van der Waals surface area (Å²) in [4.78, 5) is 3.23. The van der Waals surface area contributed by atoms with E-state index in [-0.39, 0.29) is 5.92 Å². The normalized spacial score (nSPS) is 16.4. The Labute approximate surface area is 172 Å². The monoisotopic (exact) mass is 420 g/mol. The molecule has 0 N–H and O–H groups in total. The molecule has 3 aromatic rings. The van der Waals surface area contributed by atoms with Crippen LogP contribution in [0.5, 0.6) is 5.75 Å². The number of aromatic nitrogens is 1. The second kappa shape index (κ2) is 8.32. The molecule has 29 heavy (non-hydrogen) atoms. The molecular formula is C22H23F3N2OS. The van der Waals surface area contributed by atoms with Crippen LogP contribution in [0, 0.1) is 0 Å². The minimum atomic E-state index is -4.26. The van der Waals surface area contributed by atoms with Gasteiger partial charge in [0.2, 0.25) is 0 Å². The van der Waals surface area contributed by atoms with Gasteiger partial charge in [-0.25, -0.2) is 0 Å². The van der Waals surface area contributed by atoms with Crippen LogP contribution in [0.4, 0.5) is 13.2 Å². The molecule has 4 rings (SSSR count). The molecule has 0 unspecified atom stereocenters. The van der Waals surface area contributed by atoms with Crippen molar-refractivity contribution in [2.24, 2.45) is 0 Å². The van der Waals surface area contributed by atoms with E-state index in [1.54, 1.807) is 18.3 Å². The largest absolute Gasteiger partial charge is 0.421 e. The van der Waals surface area contributed by atoms with Gasteiger partial charge in [0, 0.05) is 22.0 Å². The van der Waals surface area contributed by atoms with E-state index in [0.717, 1.165) is 41.8 Å². The fourth-order valence-electron chi connectivity index (χ4n) is 3.90. The molecule has 7 heteroatoms. The number of alkyl halides is 3. The molecule has 0 atom stereocenters. The maximum Gasteiger partial charge on any atom is 0.406 e. The summed E-state index contributed by atoms with van der Waals surface area (Å²) in [5, 5.41) is 0.856. The summed E-state index contributed by atoms with van der Waals surface area (Å²) in [5.41, 5.74) is 1.60. The Balaban J connectivity index is 1.65. The van der Waals surface area contributed by atoms with Crippen molar-refractivity contribution in [2.75, 3.05) is 20.1 Å². The van der Waals surface area contributed by atoms with Crippen LogP contribution in [0.3, 0.4) is 0 Å². The minimum absolute atomic E-state index is 0.264. The van der Waals surface area contributed by atoms with E-state index >= 15 is 0 Å². The molecule has 1 aromatic heterocycles. The predicted octanol–water partition coefficient (Wildman–Crippen LogP) is 6.10. The van der Waals surface area contributed by atoms with Crippen molar-refractivity contribution in [2.45, 2.75) is 36.4 Å². The van der Waals surface area contributed by atoms with Gasteiger partial charge in [0.15, 0.2) is 0 Å². The summed E-state index contributed by atoms with van der Waals surface area (Å²) in [6.07, 6.45) is -0.659. The molecule has 0 aliphatic carbocycles. The first-order chi connectivity index (χ1) is 13.9. The standard InChI is InChI=1S/C22H23F3N2OS/c1-26-11-9-16(10-12-26)20-14-27(15-22(23,24)25)21-8-7-17(13-19(20)21)28-29-18-5-3-2-4-6-18/h2-8,13-14,16H,9-12,15H2,1H3. The van der Waals surface area contributed by atoms with E-state index in [9.17, 15) is 13.2 Å². The highest BCUT2D eigenvalue weighted by Gasteiger charge is 2.30. The van der Waals surface area contributed by atoms with Gasteiger partial charge >= 0.3 is 6.18 Å².